The number of unbranched alkanes of at least 4 members (excludes halogenated alkanes) is 3. The molecule has 0 N–H and O–H groups in total. The summed E-state index contributed by atoms with van der Waals surface area (Å²) in [5.74, 6) is 0. The van der Waals surface area contributed by atoms with E-state index in [9.17, 15) is 0 Å². The zero-order valence-corrected chi connectivity index (χ0v) is 11.0. The maximum atomic E-state index is 2.23. The molecule has 0 aliphatic rings. The van der Waals surface area contributed by atoms with Gasteiger partial charge in [0.15, 0.2) is 0 Å². The number of rotatable bonds is 3. The van der Waals surface area contributed by atoms with Gasteiger partial charge in [-0.3, -0.25) is 0 Å². The van der Waals surface area contributed by atoms with Gasteiger partial charge in [-0.1, -0.05) is 39.5 Å². The number of halogens is 5. The van der Waals surface area contributed by atoms with Crippen molar-refractivity contribution in [1.29, 1.82) is 0 Å². The predicted molar refractivity (Wildman–Crippen MR) is 66.1 cm³/mol. The Morgan fingerprint density at radius 3 is 0.818 bits per heavy atom. The van der Waals surface area contributed by atoms with E-state index in [4.69, 9.17) is 0 Å². The van der Waals surface area contributed by atoms with Crippen LogP contribution in [0.4, 0.5) is 0 Å². The summed E-state index contributed by atoms with van der Waals surface area (Å²) in [6.45, 7) is 4.46. The second-order valence-electron chi connectivity index (χ2n) is 1.71. The van der Waals surface area contributed by atoms with Crippen molar-refractivity contribution in [3.05, 3.63) is 0 Å². The van der Waals surface area contributed by atoms with Crippen molar-refractivity contribution < 1.29 is 0 Å². The SMILES string of the molecule is CCCCCC.Cl.Cl.Cl.Cl.Cl. The van der Waals surface area contributed by atoms with Crippen molar-refractivity contribution in [1.82, 2.24) is 0 Å². The molecule has 0 amide bonds. The average Bonchev–Trinajstić information content (AvgIpc) is 1.61. The minimum absolute atomic E-state index is 0. The van der Waals surface area contributed by atoms with Gasteiger partial charge in [-0.2, -0.15) is 0 Å². The highest BCUT2D eigenvalue weighted by Crippen LogP contribution is 1.95. The summed E-state index contributed by atoms with van der Waals surface area (Å²) in [4.78, 5) is 0. The molecule has 0 spiro atoms. The molecule has 0 fully saturated rings. The molecule has 0 saturated carbocycles. The molecule has 78 valence electrons. The molecule has 0 aliphatic heterocycles. The molecule has 0 heterocycles. The van der Waals surface area contributed by atoms with E-state index in [2.05, 4.69) is 13.8 Å². The highest BCUT2D eigenvalue weighted by atomic mass is 35.5. The van der Waals surface area contributed by atoms with Crippen LogP contribution in [-0.4, -0.2) is 0 Å². The van der Waals surface area contributed by atoms with E-state index >= 15 is 0 Å². The lowest BCUT2D eigenvalue weighted by Gasteiger charge is -1.86. The van der Waals surface area contributed by atoms with Crippen LogP contribution in [0.3, 0.4) is 0 Å². The van der Waals surface area contributed by atoms with Gasteiger partial charge in [-0.15, -0.1) is 62.0 Å². The van der Waals surface area contributed by atoms with Gasteiger partial charge in [0.2, 0.25) is 0 Å². The quantitative estimate of drug-likeness (QED) is 0.651. The second kappa shape index (κ2) is 42.1. The van der Waals surface area contributed by atoms with Crippen LogP contribution in [0.1, 0.15) is 39.5 Å². The highest BCUT2D eigenvalue weighted by Gasteiger charge is 1.75. The molecule has 0 nitrogen and oxygen atoms in total. The van der Waals surface area contributed by atoms with Crippen LogP contribution in [0.2, 0.25) is 0 Å². The van der Waals surface area contributed by atoms with Crippen molar-refractivity contribution in [3.63, 3.8) is 0 Å². The Hall–Kier alpha value is 1.45. The molecule has 0 rings (SSSR count). The van der Waals surface area contributed by atoms with Gasteiger partial charge in [0.25, 0.3) is 0 Å². The molecule has 0 bridgehead atoms. The first-order valence-corrected chi connectivity index (χ1v) is 2.91. The monoisotopic (exact) mass is 266 g/mol. The fourth-order valence-electron chi connectivity index (χ4n) is 0.500. The molecule has 0 atom stereocenters. The van der Waals surface area contributed by atoms with E-state index < -0.39 is 0 Å². The third-order valence-electron chi connectivity index (χ3n) is 0.957. The molecule has 0 aromatic rings. The van der Waals surface area contributed by atoms with Gasteiger partial charge in [0.05, 0.1) is 0 Å². The first-order valence-electron chi connectivity index (χ1n) is 2.91. The number of hydrogen-bond donors (Lipinski definition) is 0. The van der Waals surface area contributed by atoms with Crippen LogP contribution in [0.5, 0.6) is 0 Å². The molecule has 0 unspecified atom stereocenters. The van der Waals surface area contributed by atoms with Gasteiger partial charge >= 0.3 is 0 Å². The van der Waals surface area contributed by atoms with Crippen molar-refractivity contribution in [2.45, 2.75) is 39.5 Å². The van der Waals surface area contributed by atoms with E-state index in [1.165, 1.54) is 25.7 Å². The normalized spacial score (nSPS) is 4.91. The Morgan fingerprint density at radius 2 is 0.727 bits per heavy atom. The maximum Gasteiger partial charge on any atom is -0.0536 e. The molecular formula is C6H19Cl5. The molecule has 0 aliphatic carbocycles. The van der Waals surface area contributed by atoms with Crippen LogP contribution in [0.25, 0.3) is 0 Å². The summed E-state index contributed by atoms with van der Waals surface area (Å²) in [5.41, 5.74) is 0. The Kier molecular flexibility index (Phi) is 150. The summed E-state index contributed by atoms with van der Waals surface area (Å²) < 4.78 is 0. The van der Waals surface area contributed by atoms with Gasteiger partial charge in [0.1, 0.15) is 0 Å². The first kappa shape index (κ1) is 39.2. The minimum atomic E-state index is 0. The fraction of sp³-hybridized carbons (Fsp3) is 1.00. The van der Waals surface area contributed by atoms with E-state index in [1.807, 2.05) is 0 Å². The number of hydrogen-bond acceptors (Lipinski definition) is 0. The van der Waals surface area contributed by atoms with Crippen molar-refractivity contribution in [2.75, 3.05) is 0 Å². The summed E-state index contributed by atoms with van der Waals surface area (Å²) in [5, 5.41) is 0. The zero-order valence-electron chi connectivity index (χ0n) is 6.87. The Bertz CT molecular complexity index is 22.9. The van der Waals surface area contributed by atoms with E-state index in [1.54, 1.807) is 0 Å². The van der Waals surface area contributed by atoms with Gasteiger partial charge in [-0.05, 0) is 0 Å². The first-order chi connectivity index (χ1) is 2.91. The van der Waals surface area contributed by atoms with E-state index in [-0.39, 0.29) is 62.0 Å². The minimum Gasteiger partial charge on any atom is -0.147 e. The summed E-state index contributed by atoms with van der Waals surface area (Å²) in [6, 6.07) is 0. The molecule has 5 heteroatoms. The van der Waals surface area contributed by atoms with Gasteiger partial charge in [-0.25, -0.2) is 0 Å². The standard InChI is InChI=1S/C6H14.5ClH/c1-3-5-6-4-2;;;;;/h3-6H2,1-2H3;5*1H. The molecule has 11 heavy (non-hydrogen) atoms. The van der Waals surface area contributed by atoms with Crippen LogP contribution in [0, 0.1) is 0 Å². The average molecular weight is 268 g/mol. The molecule has 0 radical (unpaired) electrons. The maximum absolute atomic E-state index is 2.23. The van der Waals surface area contributed by atoms with Crippen LogP contribution in [0.15, 0.2) is 0 Å². The van der Waals surface area contributed by atoms with Gasteiger partial charge < -0.3 is 0 Å². The molecule has 0 aromatic carbocycles. The lowest BCUT2D eigenvalue weighted by molar-refractivity contribution is 0.702. The molecule has 0 aromatic heterocycles. The third kappa shape index (κ3) is 51.6. The second-order valence-corrected chi connectivity index (χ2v) is 1.71. The molecular weight excluding hydrogens is 249 g/mol. The zero-order chi connectivity index (χ0) is 4.83. The summed E-state index contributed by atoms with van der Waals surface area (Å²) in [6.07, 6.45) is 5.54. The van der Waals surface area contributed by atoms with Gasteiger partial charge in [0, 0.05) is 0 Å². The van der Waals surface area contributed by atoms with Crippen molar-refractivity contribution >= 4 is 62.0 Å². The lowest BCUT2D eigenvalue weighted by atomic mass is 10.2. The van der Waals surface area contributed by atoms with Crippen molar-refractivity contribution in [3.8, 4) is 0 Å². The third-order valence-corrected chi connectivity index (χ3v) is 0.957. The Morgan fingerprint density at radius 1 is 0.545 bits per heavy atom. The smallest absolute Gasteiger partial charge is 0.0536 e. The van der Waals surface area contributed by atoms with E-state index in [0.29, 0.717) is 0 Å². The Labute approximate surface area is 101 Å². The Balaban J connectivity index is -0.0000000125. The van der Waals surface area contributed by atoms with Crippen molar-refractivity contribution in [2.24, 2.45) is 0 Å². The van der Waals surface area contributed by atoms with E-state index in [0.717, 1.165) is 0 Å². The predicted octanol–water partition coefficient (Wildman–Crippen LogP) is 4.70. The lowest BCUT2D eigenvalue weighted by Crippen LogP contribution is -1.66. The van der Waals surface area contributed by atoms with Crippen LogP contribution in [-0.2, 0) is 0 Å². The van der Waals surface area contributed by atoms with Crippen LogP contribution < -0.4 is 0 Å². The largest absolute Gasteiger partial charge is 0.147 e. The molecule has 0 saturated heterocycles. The van der Waals surface area contributed by atoms with Crippen LogP contribution >= 0.6 is 62.0 Å². The summed E-state index contributed by atoms with van der Waals surface area (Å²) >= 11 is 0. The topological polar surface area (TPSA) is 0 Å². The highest BCUT2D eigenvalue weighted by molar-refractivity contribution is 5.86. The summed E-state index contributed by atoms with van der Waals surface area (Å²) in [7, 11) is 0. The fourth-order valence-corrected chi connectivity index (χ4v) is 0.500.